The maximum atomic E-state index is 4.51. The molecule has 0 amide bonds. The van der Waals surface area contributed by atoms with Crippen molar-refractivity contribution < 1.29 is 0 Å². The lowest BCUT2D eigenvalue weighted by molar-refractivity contribution is 0.725. The predicted octanol–water partition coefficient (Wildman–Crippen LogP) is 32.3. The number of benzene rings is 6. The fourth-order valence-corrected chi connectivity index (χ4v) is 16.1. The Hall–Kier alpha value is -12.4. The van der Waals surface area contributed by atoms with Crippen molar-refractivity contribution >= 4 is 103 Å². The van der Waals surface area contributed by atoms with E-state index in [1.165, 1.54) is 129 Å². The van der Waals surface area contributed by atoms with Crippen molar-refractivity contribution in [2.45, 2.75) is 328 Å². The highest BCUT2D eigenvalue weighted by atomic mass is 15.5. The molecule has 6 aliphatic heterocycles. The van der Waals surface area contributed by atoms with Crippen molar-refractivity contribution in [2.24, 2.45) is 0 Å². The number of aryl methyl sites for hydroxylation is 6. The largest absolute Gasteiger partial charge is 0.352 e. The molecule has 0 saturated heterocycles. The van der Waals surface area contributed by atoms with Crippen molar-refractivity contribution in [3.8, 4) is 0 Å². The molecule has 138 heavy (non-hydrogen) atoms. The van der Waals surface area contributed by atoms with Crippen LogP contribution in [0.15, 0.2) is 202 Å². The van der Waals surface area contributed by atoms with E-state index in [1.54, 1.807) is 25.0 Å². The van der Waals surface area contributed by atoms with Crippen LogP contribution in [0.5, 0.6) is 0 Å². The standard InChI is InChI=1S/3C16H19N3.3C15H18N4.12C2H6/c1-11-7-5-8-14(12(11)2)19-13(3)18(4)16-15(19)9-6-10-17-16;1-11-6-5-7-14(12(11)2)19-13(3)18(4)16-10-17-9-8-15(16)19;1-11-6-5-7-14(12(11)2)19-13(3)18(4)15-8-9-17-10-16(15)19;1-10-6-5-7-13(11(10)2)19-12(3)18(4)15-14(19)8-16-9-17-15;1-10-6-5-7-13(11(10)2)19-12(3)18(4)14-8-16-9-17-15(14)19;1-10-6-5-7-13(11(10)2)19-12(3)18(4)14-15(19)17-9-8-16-14;12*1-2/h3*5-10,13H,1-4H3;3*5-9,12H,1-4H3;12*1-2H3/t3*13-;3*12-;;;;;;;;;;;;/m000000............/s1. The normalized spacial score (nSPS) is 15.2. The maximum absolute atomic E-state index is 4.51. The van der Waals surface area contributed by atoms with Gasteiger partial charge in [0, 0.05) is 107 Å². The maximum Gasteiger partial charge on any atom is 0.178 e. The highest BCUT2D eigenvalue weighted by Gasteiger charge is 2.40. The first-order valence-electron chi connectivity index (χ1n) is 51.4. The quantitative estimate of drug-likeness (QED) is 0.155. The van der Waals surface area contributed by atoms with Crippen LogP contribution in [0.25, 0.3) is 0 Å². The summed E-state index contributed by atoms with van der Waals surface area (Å²) in [6.07, 6.45) is 21.6. The minimum atomic E-state index is 0.220. The van der Waals surface area contributed by atoms with Crippen LogP contribution >= 0.6 is 0 Å². The molecule has 0 aliphatic carbocycles. The molecule has 0 N–H and O–H groups in total. The van der Waals surface area contributed by atoms with Gasteiger partial charge in [0.15, 0.2) is 29.1 Å². The zero-order valence-corrected chi connectivity index (χ0v) is 94.9. The molecule has 0 saturated carbocycles. The summed E-state index contributed by atoms with van der Waals surface area (Å²) in [5.41, 5.74) is 31.4. The van der Waals surface area contributed by atoms with E-state index in [9.17, 15) is 0 Å². The summed E-state index contributed by atoms with van der Waals surface area (Å²) in [7, 11) is 12.6. The number of nitrogens with zero attached hydrogens (tertiary/aromatic N) is 21. The lowest BCUT2D eigenvalue weighted by atomic mass is 10.1. The number of pyridine rings is 3. The van der Waals surface area contributed by atoms with E-state index in [0.29, 0.717) is 12.3 Å². The highest BCUT2D eigenvalue weighted by Crippen LogP contribution is 2.50. The van der Waals surface area contributed by atoms with Gasteiger partial charge in [-0.3, -0.25) is 9.97 Å². The minimum Gasteiger partial charge on any atom is -0.352 e. The van der Waals surface area contributed by atoms with Crippen LogP contribution in [0.3, 0.4) is 0 Å². The topological polar surface area (TPSA) is 155 Å². The van der Waals surface area contributed by atoms with Gasteiger partial charge in [0.1, 0.15) is 61.0 Å². The van der Waals surface area contributed by atoms with E-state index < -0.39 is 0 Å². The molecule has 6 aromatic heterocycles. The Kier molecular flexibility index (Phi) is 56.6. The van der Waals surface area contributed by atoms with Crippen LogP contribution in [0.4, 0.5) is 103 Å². The van der Waals surface area contributed by atoms with Crippen LogP contribution in [-0.4, -0.2) is 124 Å². The Bertz CT molecular complexity index is 4600. The zero-order valence-electron chi connectivity index (χ0n) is 94.9. The molecule has 756 valence electrons. The molecule has 12 heterocycles. The summed E-state index contributed by atoms with van der Waals surface area (Å²) >= 11 is 0. The van der Waals surface area contributed by atoms with Gasteiger partial charge in [0.2, 0.25) is 0 Å². The monoisotopic (exact) mass is 1880 g/mol. The molecule has 0 radical (unpaired) electrons. The molecule has 0 fully saturated rings. The Morgan fingerprint density at radius 3 is 0.797 bits per heavy atom. The van der Waals surface area contributed by atoms with Crippen molar-refractivity contribution in [2.75, 3.05) is 101 Å². The van der Waals surface area contributed by atoms with E-state index in [2.05, 4.69) is 398 Å². The third-order valence-corrected chi connectivity index (χ3v) is 24.6. The van der Waals surface area contributed by atoms with Gasteiger partial charge in [0.25, 0.3) is 0 Å². The SMILES string of the molecule is CC.CC.CC.CC.CC.CC.CC.CC.CC.CC.CC.CC.Cc1cccc(N2c3cccnc3N(C)[C@@H]2C)c1C.Cc1cccc(N2c3ccncc3N(C)[C@@H]2C)c1C.Cc1cccc(N2c3cnccc3N(C)[C@@H]2C)c1C.Cc1cccc(N2c3cncnc3N(C)[C@@H]2C)c1C.Cc1cccc(N2c3nccnc3N(C)[C@@H]2C)c1C.Cc1cccc(N2c3ncncc3N(C)[C@@H]2C)c1C. The molecular weight excluding hydrogens is 1700 g/mol. The summed E-state index contributed by atoms with van der Waals surface area (Å²) < 4.78 is 0. The Morgan fingerprint density at radius 1 is 0.174 bits per heavy atom. The number of anilines is 18. The van der Waals surface area contributed by atoms with E-state index in [0.717, 1.165) is 40.5 Å². The molecule has 12 aromatic rings. The number of rotatable bonds is 6. The smallest absolute Gasteiger partial charge is 0.178 e. The van der Waals surface area contributed by atoms with Gasteiger partial charge in [0.05, 0.1) is 53.2 Å². The van der Waals surface area contributed by atoms with E-state index in [4.69, 9.17) is 0 Å². The molecule has 0 bridgehead atoms. The van der Waals surface area contributed by atoms with Crippen molar-refractivity contribution in [1.29, 1.82) is 0 Å². The van der Waals surface area contributed by atoms with Crippen LogP contribution in [-0.2, 0) is 0 Å². The summed E-state index contributed by atoms with van der Waals surface area (Å²) in [5.74, 6) is 4.90. The Morgan fingerprint density at radius 2 is 0.413 bits per heavy atom. The predicted molar refractivity (Wildman–Crippen MR) is 611 cm³/mol. The molecule has 0 unspecified atom stereocenters. The van der Waals surface area contributed by atoms with E-state index in [1.807, 2.05) is 216 Å². The summed E-state index contributed by atoms with van der Waals surface area (Å²) in [6.45, 7) is 87.2. The van der Waals surface area contributed by atoms with Gasteiger partial charge in [-0.25, -0.2) is 34.9 Å². The Balaban J connectivity index is 0.000000791. The number of hydrogen-bond donors (Lipinski definition) is 0. The molecule has 0 spiro atoms. The first-order chi connectivity index (χ1) is 66.7. The Labute approximate surface area is 840 Å². The average Bonchev–Trinajstić information content (AvgIpc) is 1.64. The molecule has 6 atom stereocenters. The van der Waals surface area contributed by atoms with E-state index in [-0.39, 0.29) is 24.7 Å². The number of hydrogen-bond acceptors (Lipinski definition) is 21. The molecule has 6 aromatic carbocycles. The fourth-order valence-electron chi connectivity index (χ4n) is 16.1. The van der Waals surface area contributed by atoms with Crippen LogP contribution < -0.4 is 58.8 Å². The van der Waals surface area contributed by atoms with Crippen molar-refractivity contribution in [1.82, 2.24) is 44.9 Å². The summed E-state index contributed by atoms with van der Waals surface area (Å²) in [4.78, 5) is 66.4. The lowest BCUT2D eigenvalue weighted by Crippen LogP contribution is -2.36. The second-order valence-corrected chi connectivity index (χ2v) is 30.7. The minimum absolute atomic E-state index is 0.220. The lowest BCUT2D eigenvalue weighted by Gasteiger charge is -2.29. The first kappa shape index (κ1) is 124. The summed E-state index contributed by atoms with van der Waals surface area (Å²) in [5, 5.41) is 0. The molecule has 21 heteroatoms. The molecule has 18 rings (SSSR count). The van der Waals surface area contributed by atoms with Crippen LogP contribution in [0, 0.1) is 83.1 Å². The van der Waals surface area contributed by atoms with Gasteiger partial charge < -0.3 is 58.8 Å². The van der Waals surface area contributed by atoms with Crippen LogP contribution in [0.1, 0.15) is 274 Å². The van der Waals surface area contributed by atoms with Crippen molar-refractivity contribution in [3.05, 3.63) is 269 Å². The first-order valence-corrected chi connectivity index (χ1v) is 51.4. The van der Waals surface area contributed by atoms with Gasteiger partial charge in [-0.05, 0) is 252 Å². The average molecular weight is 1880 g/mol. The number of aromatic nitrogens is 9. The third kappa shape index (κ3) is 28.0. The molecule has 21 nitrogen and oxygen atoms in total. The van der Waals surface area contributed by atoms with Crippen LogP contribution in [0.2, 0.25) is 0 Å². The van der Waals surface area contributed by atoms with Gasteiger partial charge in [-0.2, -0.15) is 0 Å². The fraction of sp³-hybridized carbons (Fsp3) is 0.462. The second-order valence-electron chi connectivity index (χ2n) is 30.7. The van der Waals surface area contributed by atoms with E-state index >= 15 is 0 Å². The second kappa shape index (κ2) is 63.2. The zero-order chi connectivity index (χ0) is 105. The van der Waals surface area contributed by atoms with Crippen molar-refractivity contribution in [3.63, 3.8) is 0 Å². The van der Waals surface area contributed by atoms with Gasteiger partial charge >= 0.3 is 0 Å². The number of fused-ring (bicyclic) bond motifs is 6. The van der Waals surface area contributed by atoms with Gasteiger partial charge in [-0.1, -0.05) is 239 Å². The van der Waals surface area contributed by atoms with Gasteiger partial charge in [-0.15, -0.1) is 0 Å². The summed E-state index contributed by atoms with van der Waals surface area (Å²) in [6, 6.07) is 47.0. The molecular formula is C117H183N21. The highest BCUT2D eigenvalue weighted by molar-refractivity contribution is 5.88. The molecule has 6 aliphatic rings. The third-order valence-electron chi connectivity index (χ3n) is 24.6.